The van der Waals surface area contributed by atoms with Gasteiger partial charge in [-0.3, -0.25) is 0 Å². The number of nitrogens with zero attached hydrogens (tertiary/aromatic N) is 1. The summed E-state index contributed by atoms with van der Waals surface area (Å²) in [6.07, 6.45) is 3.80. The molecule has 1 rings (SSSR count). The first kappa shape index (κ1) is 15.0. The third-order valence-corrected chi connectivity index (χ3v) is 2.21. The average Bonchev–Trinajstić information content (AvgIpc) is 2.13. The van der Waals surface area contributed by atoms with Gasteiger partial charge >= 0.3 is 0 Å². The van der Waals surface area contributed by atoms with E-state index in [1.54, 1.807) is 0 Å². The summed E-state index contributed by atoms with van der Waals surface area (Å²) in [5, 5.41) is 0. The number of hydrogen-bond donors (Lipinski definition) is 1. The molecule has 0 bridgehead atoms. The molecule has 0 radical (unpaired) electrons. The summed E-state index contributed by atoms with van der Waals surface area (Å²) in [7, 11) is 4.26. The quantitative estimate of drug-likeness (QED) is 0.756. The molecule has 1 aliphatic rings. The molecule has 0 aromatic carbocycles. The van der Waals surface area contributed by atoms with Crippen molar-refractivity contribution in [1.29, 1.82) is 0 Å². The molecule has 0 unspecified atom stereocenters. The fourth-order valence-corrected chi connectivity index (χ4v) is 1.80. The molecule has 0 amide bonds. The minimum atomic E-state index is 0. The van der Waals surface area contributed by atoms with Crippen LogP contribution in [0.15, 0.2) is 0 Å². The Morgan fingerprint density at radius 2 is 1.83 bits per heavy atom. The fraction of sp³-hybridized carbons (Fsp3) is 1.00. The van der Waals surface area contributed by atoms with Crippen LogP contribution in [0.25, 0.3) is 0 Å². The lowest BCUT2D eigenvalue weighted by Crippen LogP contribution is -2.22. The zero-order chi connectivity index (χ0) is 7.56. The summed E-state index contributed by atoms with van der Waals surface area (Å²) in [4.78, 5) is 2.25. The highest BCUT2D eigenvalue weighted by atomic mass is 35.5. The summed E-state index contributed by atoms with van der Waals surface area (Å²) in [5.74, 6) is 0.866. The smallest absolute Gasteiger partial charge is 0.00420 e. The third kappa shape index (κ3) is 5.20. The number of nitrogens with two attached hydrogens (primary N) is 1. The predicted octanol–water partition coefficient (Wildman–Crippen LogP) is 1.52. The highest BCUT2D eigenvalue weighted by Gasteiger charge is 2.21. The van der Waals surface area contributed by atoms with Crippen LogP contribution in [-0.2, 0) is 0 Å². The van der Waals surface area contributed by atoms with Gasteiger partial charge in [0.1, 0.15) is 0 Å². The summed E-state index contributed by atoms with van der Waals surface area (Å²) in [6, 6.07) is 0.491. The van der Waals surface area contributed by atoms with E-state index >= 15 is 0 Å². The Kier molecular flexibility index (Phi) is 8.69. The second-order valence-electron chi connectivity index (χ2n) is 3.70. The Balaban J connectivity index is 0. The first-order valence-corrected chi connectivity index (χ1v) is 4.09. The Morgan fingerprint density at radius 3 is 2.17 bits per heavy atom. The van der Waals surface area contributed by atoms with Crippen molar-refractivity contribution in [3.8, 4) is 0 Å². The molecule has 76 valence electrons. The van der Waals surface area contributed by atoms with E-state index in [0.717, 1.165) is 5.92 Å². The van der Waals surface area contributed by atoms with E-state index < -0.39 is 0 Å². The number of rotatable bonds is 2. The Hall–Kier alpha value is 0.500. The summed E-state index contributed by atoms with van der Waals surface area (Å²) < 4.78 is 0. The lowest BCUT2D eigenvalue weighted by molar-refractivity contribution is 0.326. The minimum Gasteiger partial charge on any atom is -0.328 e. The van der Waals surface area contributed by atoms with E-state index in [2.05, 4.69) is 19.0 Å². The maximum Gasteiger partial charge on any atom is 0.00420 e. The van der Waals surface area contributed by atoms with Crippen molar-refractivity contribution in [2.75, 3.05) is 20.6 Å². The van der Waals surface area contributed by atoms with Crippen LogP contribution in [0.1, 0.15) is 19.3 Å². The monoisotopic (exact) mass is 214 g/mol. The first-order chi connectivity index (χ1) is 4.68. The standard InChI is InChI=1S/C8H18N2.2ClH/c1-10(2)6-7-3-4-8(9)5-7;;/h7-8H,3-6,9H2,1-2H3;2*1H/t7-,8+;;/m1../s1. The van der Waals surface area contributed by atoms with Gasteiger partial charge < -0.3 is 10.6 Å². The van der Waals surface area contributed by atoms with Crippen LogP contribution >= 0.6 is 24.8 Å². The summed E-state index contributed by atoms with van der Waals surface area (Å²) in [6.45, 7) is 1.22. The van der Waals surface area contributed by atoms with Gasteiger partial charge in [0.25, 0.3) is 0 Å². The predicted molar refractivity (Wildman–Crippen MR) is 58.4 cm³/mol. The van der Waals surface area contributed by atoms with Crippen LogP contribution in [0.5, 0.6) is 0 Å². The van der Waals surface area contributed by atoms with E-state index in [4.69, 9.17) is 5.73 Å². The van der Waals surface area contributed by atoms with Crippen LogP contribution in [0, 0.1) is 5.92 Å². The minimum absolute atomic E-state index is 0. The van der Waals surface area contributed by atoms with Crippen LogP contribution in [-0.4, -0.2) is 31.6 Å². The topological polar surface area (TPSA) is 29.3 Å². The maximum absolute atomic E-state index is 5.78. The Bertz CT molecular complexity index is 109. The van der Waals surface area contributed by atoms with Crippen molar-refractivity contribution in [2.24, 2.45) is 11.7 Å². The molecule has 0 aromatic heterocycles. The molecule has 1 aliphatic carbocycles. The molecule has 1 saturated carbocycles. The van der Waals surface area contributed by atoms with Crippen LogP contribution in [0.4, 0.5) is 0 Å². The third-order valence-electron chi connectivity index (χ3n) is 2.21. The number of halogens is 2. The van der Waals surface area contributed by atoms with Gasteiger partial charge in [-0.2, -0.15) is 0 Å². The van der Waals surface area contributed by atoms with Gasteiger partial charge in [0.05, 0.1) is 0 Å². The van der Waals surface area contributed by atoms with Crippen LogP contribution in [0.2, 0.25) is 0 Å². The molecule has 4 heteroatoms. The largest absolute Gasteiger partial charge is 0.328 e. The van der Waals surface area contributed by atoms with E-state index in [9.17, 15) is 0 Å². The molecule has 2 atom stereocenters. The summed E-state index contributed by atoms with van der Waals surface area (Å²) in [5.41, 5.74) is 5.78. The van der Waals surface area contributed by atoms with Crippen molar-refractivity contribution < 1.29 is 0 Å². The van der Waals surface area contributed by atoms with Crippen LogP contribution in [0.3, 0.4) is 0 Å². The van der Waals surface area contributed by atoms with E-state index in [1.807, 2.05) is 0 Å². The van der Waals surface area contributed by atoms with E-state index in [1.165, 1.54) is 25.8 Å². The molecule has 12 heavy (non-hydrogen) atoms. The van der Waals surface area contributed by atoms with Gasteiger partial charge in [-0.15, -0.1) is 24.8 Å². The molecule has 0 spiro atoms. The lowest BCUT2D eigenvalue weighted by atomic mass is 10.1. The lowest BCUT2D eigenvalue weighted by Gasteiger charge is -2.15. The molecule has 2 N–H and O–H groups in total. The Labute approximate surface area is 87.7 Å². The molecule has 0 saturated heterocycles. The molecule has 1 fully saturated rings. The Morgan fingerprint density at radius 1 is 1.25 bits per heavy atom. The van der Waals surface area contributed by atoms with Gasteiger partial charge in [-0.25, -0.2) is 0 Å². The van der Waals surface area contributed by atoms with Gasteiger partial charge in [0.15, 0.2) is 0 Å². The van der Waals surface area contributed by atoms with Crippen molar-refractivity contribution in [1.82, 2.24) is 4.90 Å². The van der Waals surface area contributed by atoms with Crippen molar-refractivity contribution in [3.63, 3.8) is 0 Å². The molecule has 0 aliphatic heterocycles. The molecule has 2 nitrogen and oxygen atoms in total. The average molecular weight is 215 g/mol. The SMILES string of the molecule is CN(C)C[C@@H]1CC[C@H](N)C1.Cl.Cl. The summed E-state index contributed by atoms with van der Waals surface area (Å²) >= 11 is 0. The zero-order valence-electron chi connectivity index (χ0n) is 7.82. The van der Waals surface area contributed by atoms with Gasteiger partial charge in [0, 0.05) is 12.6 Å². The van der Waals surface area contributed by atoms with Gasteiger partial charge in [0.2, 0.25) is 0 Å². The van der Waals surface area contributed by atoms with Gasteiger partial charge in [-0.1, -0.05) is 0 Å². The van der Waals surface area contributed by atoms with Crippen molar-refractivity contribution in [3.05, 3.63) is 0 Å². The highest BCUT2D eigenvalue weighted by Crippen LogP contribution is 2.23. The zero-order valence-corrected chi connectivity index (χ0v) is 9.46. The highest BCUT2D eigenvalue weighted by molar-refractivity contribution is 5.85. The fourth-order valence-electron chi connectivity index (χ4n) is 1.80. The normalized spacial score (nSPS) is 28.0. The first-order valence-electron chi connectivity index (χ1n) is 4.09. The second-order valence-corrected chi connectivity index (χ2v) is 3.70. The molecular weight excluding hydrogens is 195 g/mol. The molecule has 0 aromatic rings. The van der Waals surface area contributed by atoms with Crippen molar-refractivity contribution >= 4 is 24.8 Å². The van der Waals surface area contributed by atoms with E-state index in [0.29, 0.717) is 6.04 Å². The number of hydrogen-bond acceptors (Lipinski definition) is 2. The maximum atomic E-state index is 5.78. The molecule has 0 heterocycles. The van der Waals surface area contributed by atoms with Crippen LogP contribution < -0.4 is 5.73 Å². The second kappa shape index (κ2) is 6.96. The van der Waals surface area contributed by atoms with E-state index in [-0.39, 0.29) is 24.8 Å². The van der Waals surface area contributed by atoms with Crippen molar-refractivity contribution in [2.45, 2.75) is 25.3 Å². The molecular formula is C8H20Cl2N2. The van der Waals surface area contributed by atoms with Gasteiger partial charge in [-0.05, 0) is 39.3 Å².